The second kappa shape index (κ2) is 6.33. The molecule has 1 N–H and O–H groups in total. The lowest BCUT2D eigenvalue weighted by Crippen LogP contribution is -2.28. The Morgan fingerprint density at radius 2 is 2.00 bits per heavy atom. The lowest BCUT2D eigenvalue weighted by molar-refractivity contribution is 0.366. The number of benzene rings is 1. The molecule has 1 aliphatic carbocycles. The normalized spacial score (nSPS) is 24.9. The molecule has 0 bridgehead atoms. The highest BCUT2D eigenvalue weighted by atomic mass is 19.1. The average Bonchev–Trinajstić information content (AvgIpc) is 2.36. The van der Waals surface area contributed by atoms with Crippen molar-refractivity contribution in [3.05, 3.63) is 47.3 Å². The smallest absolute Gasteiger partial charge is 0.123 e. The Labute approximate surface area is 115 Å². The van der Waals surface area contributed by atoms with Crippen LogP contribution in [0, 0.1) is 17.7 Å². The molecule has 1 aromatic carbocycles. The molecule has 19 heavy (non-hydrogen) atoms. The number of hydrogen-bond acceptors (Lipinski definition) is 1. The Bertz CT molecular complexity index is 435. The van der Waals surface area contributed by atoms with Crippen molar-refractivity contribution < 1.29 is 4.39 Å². The van der Waals surface area contributed by atoms with Gasteiger partial charge in [0.2, 0.25) is 0 Å². The van der Waals surface area contributed by atoms with Crippen LogP contribution in [0.1, 0.15) is 45.2 Å². The van der Waals surface area contributed by atoms with Crippen LogP contribution in [-0.4, -0.2) is 6.54 Å². The van der Waals surface area contributed by atoms with Crippen LogP contribution in [0.5, 0.6) is 0 Å². The van der Waals surface area contributed by atoms with Gasteiger partial charge in [-0.2, -0.15) is 0 Å². The molecule has 104 valence electrons. The maximum absolute atomic E-state index is 12.9. The van der Waals surface area contributed by atoms with E-state index < -0.39 is 0 Å². The van der Waals surface area contributed by atoms with Gasteiger partial charge in [0.25, 0.3) is 0 Å². The molecule has 0 heterocycles. The summed E-state index contributed by atoms with van der Waals surface area (Å²) in [7, 11) is 0. The average molecular weight is 261 g/mol. The monoisotopic (exact) mass is 261 g/mol. The first-order valence-electron chi connectivity index (χ1n) is 7.20. The van der Waals surface area contributed by atoms with E-state index >= 15 is 0 Å². The molecule has 0 amide bonds. The molecule has 1 aliphatic rings. The highest BCUT2D eigenvalue weighted by Crippen LogP contribution is 2.27. The Hall–Kier alpha value is -1.15. The first-order valence-corrected chi connectivity index (χ1v) is 7.20. The van der Waals surface area contributed by atoms with Crippen LogP contribution in [0.25, 0.3) is 0 Å². The molecule has 0 fully saturated rings. The minimum atomic E-state index is -0.169. The molecular weight excluding hydrogens is 237 g/mol. The third kappa shape index (κ3) is 4.17. The second-order valence-corrected chi connectivity index (χ2v) is 5.98. The van der Waals surface area contributed by atoms with Gasteiger partial charge in [-0.25, -0.2) is 4.39 Å². The van der Waals surface area contributed by atoms with E-state index in [4.69, 9.17) is 0 Å². The summed E-state index contributed by atoms with van der Waals surface area (Å²) in [6, 6.07) is 7.07. The predicted molar refractivity (Wildman–Crippen MR) is 78.5 cm³/mol. The third-order valence-electron chi connectivity index (χ3n) is 3.97. The van der Waals surface area contributed by atoms with Gasteiger partial charge in [-0.3, -0.25) is 0 Å². The summed E-state index contributed by atoms with van der Waals surface area (Å²) in [5.41, 5.74) is 2.66. The zero-order valence-corrected chi connectivity index (χ0v) is 12.1. The summed E-state index contributed by atoms with van der Waals surface area (Å²) in [5, 5.41) is 3.58. The van der Waals surface area contributed by atoms with E-state index in [0.29, 0.717) is 5.92 Å². The number of hydrogen-bond donors (Lipinski definition) is 1. The van der Waals surface area contributed by atoms with Crippen molar-refractivity contribution in [3.8, 4) is 0 Å². The molecule has 0 aliphatic heterocycles. The quantitative estimate of drug-likeness (QED) is 0.789. The molecule has 1 aromatic rings. The number of nitrogens with one attached hydrogen (secondary N) is 1. The fourth-order valence-corrected chi connectivity index (χ4v) is 3.05. The molecule has 2 heteroatoms. The summed E-state index contributed by atoms with van der Waals surface area (Å²) in [5.74, 6) is 1.25. The van der Waals surface area contributed by atoms with Crippen molar-refractivity contribution in [2.45, 2.75) is 39.7 Å². The topological polar surface area (TPSA) is 12.0 Å². The zero-order valence-electron chi connectivity index (χ0n) is 12.1. The van der Waals surface area contributed by atoms with Gasteiger partial charge in [-0.05, 0) is 62.8 Å². The first kappa shape index (κ1) is 14.3. The van der Waals surface area contributed by atoms with Gasteiger partial charge in [-0.15, -0.1) is 0 Å². The Balaban J connectivity index is 1.85. The summed E-state index contributed by atoms with van der Waals surface area (Å²) < 4.78 is 12.9. The van der Waals surface area contributed by atoms with E-state index in [-0.39, 0.29) is 11.9 Å². The maximum Gasteiger partial charge on any atom is 0.123 e. The van der Waals surface area contributed by atoms with Crippen LogP contribution in [0.2, 0.25) is 0 Å². The molecule has 0 saturated heterocycles. The fraction of sp³-hybridized carbons (Fsp3) is 0.529. The van der Waals surface area contributed by atoms with E-state index in [1.54, 1.807) is 0 Å². The summed E-state index contributed by atoms with van der Waals surface area (Å²) >= 11 is 0. The molecular formula is C17H24FN. The van der Waals surface area contributed by atoms with Gasteiger partial charge < -0.3 is 5.32 Å². The van der Waals surface area contributed by atoms with Crippen LogP contribution in [0.3, 0.4) is 0 Å². The molecule has 0 radical (unpaired) electrons. The molecule has 1 nitrogen and oxygen atoms in total. The lowest BCUT2D eigenvalue weighted by atomic mass is 9.83. The van der Waals surface area contributed by atoms with E-state index in [1.807, 2.05) is 12.1 Å². The van der Waals surface area contributed by atoms with E-state index in [0.717, 1.165) is 18.0 Å². The number of halogens is 1. The predicted octanol–water partition coefficient (Wildman–Crippen LogP) is 4.47. The van der Waals surface area contributed by atoms with Crippen LogP contribution < -0.4 is 5.32 Å². The van der Waals surface area contributed by atoms with Gasteiger partial charge in [-0.1, -0.05) is 30.7 Å². The summed E-state index contributed by atoms with van der Waals surface area (Å²) in [6.45, 7) is 7.70. The lowest BCUT2D eigenvalue weighted by Gasteiger charge is -2.27. The van der Waals surface area contributed by atoms with Crippen molar-refractivity contribution >= 4 is 0 Å². The van der Waals surface area contributed by atoms with Crippen LogP contribution in [0.4, 0.5) is 4.39 Å². The molecule has 0 aromatic heterocycles. The SMILES string of the molecule is CC1=CC(C)CC(CN[C@@H](C)c2ccc(F)cc2)C1. The van der Waals surface area contributed by atoms with Crippen molar-refractivity contribution in [1.29, 1.82) is 0 Å². The van der Waals surface area contributed by atoms with Crippen molar-refractivity contribution in [2.24, 2.45) is 11.8 Å². The van der Waals surface area contributed by atoms with Gasteiger partial charge in [0.1, 0.15) is 5.82 Å². The van der Waals surface area contributed by atoms with E-state index in [9.17, 15) is 4.39 Å². The Morgan fingerprint density at radius 1 is 1.32 bits per heavy atom. The third-order valence-corrected chi connectivity index (χ3v) is 3.97. The van der Waals surface area contributed by atoms with E-state index in [2.05, 4.69) is 32.2 Å². The van der Waals surface area contributed by atoms with Gasteiger partial charge in [0.15, 0.2) is 0 Å². The van der Waals surface area contributed by atoms with Crippen LogP contribution >= 0.6 is 0 Å². The zero-order chi connectivity index (χ0) is 13.8. The molecule has 0 saturated carbocycles. The van der Waals surface area contributed by atoms with Gasteiger partial charge >= 0.3 is 0 Å². The number of rotatable bonds is 4. The maximum atomic E-state index is 12.9. The number of allylic oxidation sites excluding steroid dienone is 2. The van der Waals surface area contributed by atoms with Crippen LogP contribution in [-0.2, 0) is 0 Å². The molecule has 0 spiro atoms. The highest BCUT2D eigenvalue weighted by molar-refractivity contribution is 5.19. The van der Waals surface area contributed by atoms with Crippen LogP contribution in [0.15, 0.2) is 35.9 Å². The standard InChI is InChI=1S/C17H24FN/c1-12-8-13(2)10-15(9-12)11-19-14(3)16-4-6-17(18)7-5-16/h4-8,12,14-15,19H,9-11H2,1-3H3/t12?,14-,15?/m0/s1. The first-order chi connectivity index (χ1) is 9.04. The highest BCUT2D eigenvalue weighted by Gasteiger charge is 2.18. The minimum absolute atomic E-state index is 0.169. The van der Waals surface area contributed by atoms with Gasteiger partial charge in [0, 0.05) is 6.04 Å². The molecule has 2 rings (SSSR count). The van der Waals surface area contributed by atoms with Crippen molar-refractivity contribution in [1.82, 2.24) is 5.32 Å². The van der Waals surface area contributed by atoms with Gasteiger partial charge in [0.05, 0.1) is 0 Å². The van der Waals surface area contributed by atoms with Crippen molar-refractivity contribution in [3.63, 3.8) is 0 Å². The second-order valence-electron chi connectivity index (χ2n) is 5.98. The minimum Gasteiger partial charge on any atom is -0.310 e. The van der Waals surface area contributed by atoms with Crippen molar-refractivity contribution in [2.75, 3.05) is 6.54 Å². The largest absolute Gasteiger partial charge is 0.310 e. The molecule has 2 unspecified atom stereocenters. The summed E-state index contributed by atoms with van der Waals surface area (Å²) in [6.07, 6.45) is 4.86. The Morgan fingerprint density at radius 3 is 2.63 bits per heavy atom. The fourth-order valence-electron chi connectivity index (χ4n) is 3.05. The summed E-state index contributed by atoms with van der Waals surface area (Å²) in [4.78, 5) is 0. The molecule has 3 atom stereocenters. The Kier molecular flexibility index (Phi) is 4.76. The van der Waals surface area contributed by atoms with E-state index in [1.165, 1.54) is 30.5 Å².